The zero-order valence-electron chi connectivity index (χ0n) is 13.0. The van der Waals surface area contributed by atoms with E-state index in [1.807, 2.05) is 24.3 Å². The Morgan fingerprint density at radius 3 is 2.80 bits per heavy atom. The fourth-order valence-corrected chi connectivity index (χ4v) is 3.36. The summed E-state index contributed by atoms with van der Waals surface area (Å²) in [6.45, 7) is 0. The normalized spacial score (nSPS) is 10.9. The largest absolute Gasteiger partial charge is 0.451 e. The summed E-state index contributed by atoms with van der Waals surface area (Å²) >= 11 is 1.31. The SMILES string of the molecule is O=C(Nc1ncc(Cc2ccccc2F)s1)c1cc2ccccc2o1. The molecule has 0 fully saturated rings. The van der Waals surface area contributed by atoms with Crippen molar-refractivity contribution in [2.75, 3.05) is 5.32 Å². The van der Waals surface area contributed by atoms with Crippen LogP contribution in [0, 0.1) is 5.82 Å². The number of amides is 1. The second kappa shape index (κ2) is 6.49. The van der Waals surface area contributed by atoms with Gasteiger partial charge in [-0.25, -0.2) is 9.37 Å². The van der Waals surface area contributed by atoms with Gasteiger partial charge in [-0.3, -0.25) is 10.1 Å². The van der Waals surface area contributed by atoms with Gasteiger partial charge in [0.15, 0.2) is 10.9 Å². The third-order valence-electron chi connectivity index (χ3n) is 3.75. The topological polar surface area (TPSA) is 55.1 Å². The average molecular weight is 352 g/mol. The summed E-state index contributed by atoms with van der Waals surface area (Å²) in [7, 11) is 0. The fourth-order valence-electron chi connectivity index (χ4n) is 2.53. The van der Waals surface area contributed by atoms with Crippen LogP contribution in [0.1, 0.15) is 21.0 Å². The molecule has 2 aromatic heterocycles. The number of nitrogens with zero attached hydrogens (tertiary/aromatic N) is 1. The summed E-state index contributed by atoms with van der Waals surface area (Å²) in [6, 6.07) is 15.7. The molecule has 4 aromatic rings. The van der Waals surface area contributed by atoms with Crippen molar-refractivity contribution >= 4 is 33.3 Å². The van der Waals surface area contributed by atoms with Gasteiger partial charge in [-0.05, 0) is 23.8 Å². The molecule has 1 N–H and O–H groups in total. The van der Waals surface area contributed by atoms with Crippen molar-refractivity contribution in [2.24, 2.45) is 0 Å². The molecule has 4 nitrogen and oxygen atoms in total. The fraction of sp³-hybridized carbons (Fsp3) is 0.0526. The van der Waals surface area contributed by atoms with Crippen LogP contribution in [0.25, 0.3) is 11.0 Å². The van der Waals surface area contributed by atoms with Gasteiger partial charge in [0.2, 0.25) is 0 Å². The van der Waals surface area contributed by atoms with Gasteiger partial charge in [-0.2, -0.15) is 0 Å². The van der Waals surface area contributed by atoms with Crippen molar-refractivity contribution in [3.63, 3.8) is 0 Å². The van der Waals surface area contributed by atoms with Crippen molar-refractivity contribution in [3.05, 3.63) is 82.8 Å². The van der Waals surface area contributed by atoms with Crippen molar-refractivity contribution in [2.45, 2.75) is 6.42 Å². The third-order valence-corrected chi connectivity index (χ3v) is 4.66. The molecular formula is C19H13FN2O2S. The van der Waals surface area contributed by atoms with Crippen LogP contribution >= 0.6 is 11.3 Å². The highest BCUT2D eigenvalue weighted by Gasteiger charge is 2.14. The summed E-state index contributed by atoms with van der Waals surface area (Å²) in [5.41, 5.74) is 1.26. The summed E-state index contributed by atoms with van der Waals surface area (Å²) in [6.07, 6.45) is 2.08. The molecule has 2 heterocycles. The van der Waals surface area contributed by atoms with Gasteiger partial charge in [-0.1, -0.05) is 36.4 Å². The monoisotopic (exact) mass is 352 g/mol. The number of aromatic nitrogens is 1. The van der Waals surface area contributed by atoms with Crippen LogP contribution in [0.2, 0.25) is 0 Å². The van der Waals surface area contributed by atoms with E-state index < -0.39 is 0 Å². The molecule has 25 heavy (non-hydrogen) atoms. The van der Waals surface area contributed by atoms with Gasteiger partial charge < -0.3 is 4.42 Å². The van der Waals surface area contributed by atoms with Crippen LogP contribution in [0.15, 0.2) is 65.2 Å². The maximum Gasteiger partial charge on any atom is 0.293 e. The molecule has 0 saturated carbocycles. The number of fused-ring (bicyclic) bond motifs is 1. The quantitative estimate of drug-likeness (QED) is 0.570. The second-order valence-corrected chi connectivity index (χ2v) is 6.62. The van der Waals surface area contributed by atoms with Gasteiger partial charge in [0, 0.05) is 22.9 Å². The first-order valence-electron chi connectivity index (χ1n) is 7.67. The maximum absolute atomic E-state index is 13.7. The number of nitrogens with one attached hydrogen (secondary N) is 1. The van der Waals surface area contributed by atoms with Gasteiger partial charge in [-0.15, -0.1) is 11.3 Å². The number of furan rings is 1. The first-order valence-corrected chi connectivity index (χ1v) is 8.49. The minimum atomic E-state index is -0.358. The van der Waals surface area contributed by atoms with Gasteiger partial charge >= 0.3 is 0 Å². The minimum absolute atomic E-state index is 0.229. The number of carbonyl (C=O) groups excluding carboxylic acids is 1. The summed E-state index contributed by atoms with van der Waals surface area (Å²) in [5, 5.41) is 4.04. The number of benzene rings is 2. The molecule has 0 aliphatic rings. The molecule has 4 rings (SSSR count). The molecule has 0 aliphatic heterocycles. The van der Waals surface area contributed by atoms with E-state index >= 15 is 0 Å². The Morgan fingerprint density at radius 2 is 1.96 bits per heavy atom. The Kier molecular flexibility index (Phi) is 4.03. The number of hydrogen-bond acceptors (Lipinski definition) is 4. The number of halogens is 1. The number of para-hydroxylation sites is 1. The molecule has 0 unspecified atom stereocenters. The lowest BCUT2D eigenvalue weighted by molar-refractivity contribution is 0.0998. The first kappa shape index (κ1) is 15.5. The number of anilines is 1. The van der Waals surface area contributed by atoms with E-state index in [-0.39, 0.29) is 17.5 Å². The molecule has 0 atom stereocenters. The lowest BCUT2D eigenvalue weighted by Gasteiger charge is -1.99. The Labute approximate surface area is 146 Å². The smallest absolute Gasteiger partial charge is 0.293 e. The van der Waals surface area contributed by atoms with Crippen LogP contribution in [-0.2, 0) is 6.42 Å². The van der Waals surface area contributed by atoms with E-state index in [1.54, 1.807) is 30.5 Å². The molecule has 0 radical (unpaired) electrons. The van der Waals surface area contributed by atoms with E-state index in [9.17, 15) is 9.18 Å². The number of carbonyl (C=O) groups is 1. The Morgan fingerprint density at radius 1 is 1.16 bits per heavy atom. The minimum Gasteiger partial charge on any atom is -0.451 e. The van der Waals surface area contributed by atoms with E-state index in [0.29, 0.717) is 22.7 Å². The molecule has 0 saturated heterocycles. The molecule has 0 spiro atoms. The molecule has 2 aromatic carbocycles. The zero-order chi connectivity index (χ0) is 17.2. The molecule has 0 bridgehead atoms. The molecule has 0 aliphatic carbocycles. The third kappa shape index (κ3) is 3.29. The molecule has 6 heteroatoms. The van der Waals surface area contributed by atoms with Crippen LogP contribution in [0.3, 0.4) is 0 Å². The highest BCUT2D eigenvalue weighted by Crippen LogP contribution is 2.24. The van der Waals surface area contributed by atoms with Crippen LogP contribution in [-0.4, -0.2) is 10.9 Å². The predicted octanol–water partition coefficient (Wildman–Crippen LogP) is 4.87. The first-order chi connectivity index (χ1) is 12.2. The Balaban J connectivity index is 1.49. The number of thiazole rings is 1. The lowest BCUT2D eigenvalue weighted by atomic mass is 10.1. The lowest BCUT2D eigenvalue weighted by Crippen LogP contribution is -2.10. The summed E-state index contributed by atoms with van der Waals surface area (Å²) < 4.78 is 19.3. The van der Waals surface area contributed by atoms with E-state index in [1.165, 1.54) is 17.4 Å². The Hall–Kier alpha value is -2.99. The molecular weight excluding hydrogens is 339 g/mol. The Bertz CT molecular complexity index is 1020. The molecule has 1 amide bonds. The number of rotatable bonds is 4. The standard InChI is InChI=1S/C19H13FN2O2S/c20-15-7-3-1-5-12(15)9-14-11-21-19(25-14)22-18(23)17-10-13-6-2-4-8-16(13)24-17/h1-8,10-11H,9H2,(H,21,22,23). The highest BCUT2D eigenvalue weighted by molar-refractivity contribution is 7.15. The van der Waals surface area contributed by atoms with Crippen molar-refractivity contribution in [1.82, 2.24) is 4.98 Å². The second-order valence-electron chi connectivity index (χ2n) is 5.50. The zero-order valence-corrected chi connectivity index (χ0v) is 13.8. The van der Waals surface area contributed by atoms with Crippen LogP contribution < -0.4 is 5.32 Å². The average Bonchev–Trinajstić information content (AvgIpc) is 3.23. The van der Waals surface area contributed by atoms with E-state index in [4.69, 9.17) is 4.42 Å². The highest BCUT2D eigenvalue weighted by atomic mass is 32.1. The summed E-state index contributed by atoms with van der Waals surface area (Å²) in [4.78, 5) is 17.4. The van der Waals surface area contributed by atoms with Crippen molar-refractivity contribution in [1.29, 1.82) is 0 Å². The molecule has 124 valence electrons. The van der Waals surface area contributed by atoms with Crippen molar-refractivity contribution in [3.8, 4) is 0 Å². The number of hydrogen-bond donors (Lipinski definition) is 1. The van der Waals surface area contributed by atoms with Gasteiger partial charge in [0.05, 0.1) is 0 Å². The maximum atomic E-state index is 13.7. The van der Waals surface area contributed by atoms with Crippen LogP contribution in [0.4, 0.5) is 9.52 Å². The van der Waals surface area contributed by atoms with E-state index in [0.717, 1.165) is 10.3 Å². The van der Waals surface area contributed by atoms with Crippen molar-refractivity contribution < 1.29 is 13.6 Å². The van der Waals surface area contributed by atoms with E-state index in [2.05, 4.69) is 10.3 Å². The van der Waals surface area contributed by atoms with Gasteiger partial charge in [0.25, 0.3) is 5.91 Å². The van der Waals surface area contributed by atoms with Gasteiger partial charge in [0.1, 0.15) is 11.4 Å². The predicted molar refractivity (Wildman–Crippen MR) is 95.5 cm³/mol. The van der Waals surface area contributed by atoms with Crippen LogP contribution in [0.5, 0.6) is 0 Å². The summed E-state index contributed by atoms with van der Waals surface area (Å²) in [5.74, 6) is -0.376.